The number of aliphatic hydroxyl groups excluding tert-OH is 1. The summed E-state index contributed by atoms with van der Waals surface area (Å²) in [7, 11) is 0. The number of nitrogens with one attached hydrogen (secondary N) is 1. The Bertz CT molecular complexity index is 220. The van der Waals surface area contributed by atoms with Crippen molar-refractivity contribution in [2.24, 2.45) is 0 Å². The molecule has 2 bridgehead atoms. The van der Waals surface area contributed by atoms with Crippen molar-refractivity contribution in [3.63, 3.8) is 0 Å². The number of aliphatic hydroxyl groups is 1. The molecule has 0 aromatic rings. The highest BCUT2D eigenvalue weighted by Gasteiger charge is 2.62. The van der Waals surface area contributed by atoms with Gasteiger partial charge in [0, 0.05) is 19.8 Å². The van der Waals surface area contributed by atoms with Gasteiger partial charge in [-0.2, -0.15) is 0 Å². The van der Waals surface area contributed by atoms with Gasteiger partial charge >= 0.3 is 0 Å². The molecule has 2 heterocycles. The predicted octanol–water partition coefficient (Wildman–Crippen LogP) is -0.584. The van der Waals surface area contributed by atoms with E-state index < -0.39 is 0 Å². The van der Waals surface area contributed by atoms with Crippen LogP contribution in [0.3, 0.4) is 0 Å². The molecule has 0 radical (unpaired) electrons. The van der Waals surface area contributed by atoms with Gasteiger partial charge in [0.1, 0.15) is 0 Å². The van der Waals surface area contributed by atoms with Gasteiger partial charge in [0.05, 0.1) is 24.4 Å². The second-order valence-corrected chi connectivity index (χ2v) is 3.94. The van der Waals surface area contributed by atoms with E-state index in [1.807, 2.05) is 0 Å². The largest absolute Gasteiger partial charge is 0.393 e. The molecule has 2 N–H and O–H groups in total. The summed E-state index contributed by atoms with van der Waals surface area (Å²) >= 11 is 0. The zero-order valence-electron chi connectivity index (χ0n) is 7.09. The fourth-order valence-corrected chi connectivity index (χ4v) is 2.33. The first-order chi connectivity index (χ1) is 5.60. The minimum absolute atomic E-state index is 0.0213. The second kappa shape index (κ2) is 2.20. The van der Waals surface area contributed by atoms with Crippen LogP contribution in [0.15, 0.2) is 0 Å². The SMILES string of the molecule is CC(=O)NC12COC(CO)(C1)C2. The third kappa shape index (κ3) is 0.949. The Morgan fingerprint density at radius 2 is 2.33 bits per heavy atom. The van der Waals surface area contributed by atoms with E-state index in [9.17, 15) is 4.79 Å². The smallest absolute Gasteiger partial charge is 0.217 e. The number of hydrogen-bond acceptors (Lipinski definition) is 3. The first-order valence-electron chi connectivity index (χ1n) is 4.13. The van der Waals surface area contributed by atoms with Crippen LogP contribution in [0.1, 0.15) is 19.8 Å². The molecule has 1 saturated carbocycles. The Kier molecular flexibility index (Phi) is 1.47. The maximum Gasteiger partial charge on any atom is 0.217 e. The molecule has 12 heavy (non-hydrogen) atoms. The van der Waals surface area contributed by atoms with Crippen LogP contribution in [0.4, 0.5) is 0 Å². The number of rotatable bonds is 2. The van der Waals surface area contributed by atoms with Crippen molar-refractivity contribution >= 4 is 5.91 Å². The van der Waals surface area contributed by atoms with Crippen LogP contribution in [-0.4, -0.2) is 35.4 Å². The van der Waals surface area contributed by atoms with Gasteiger partial charge in [0.25, 0.3) is 0 Å². The highest BCUT2D eigenvalue weighted by molar-refractivity contribution is 5.74. The van der Waals surface area contributed by atoms with E-state index in [-0.39, 0.29) is 23.7 Å². The topological polar surface area (TPSA) is 58.6 Å². The molecule has 2 aliphatic heterocycles. The summed E-state index contributed by atoms with van der Waals surface area (Å²) in [4.78, 5) is 10.8. The minimum Gasteiger partial charge on any atom is -0.393 e. The van der Waals surface area contributed by atoms with Crippen molar-refractivity contribution in [1.29, 1.82) is 0 Å². The lowest BCUT2D eigenvalue weighted by molar-refractivity contribution is -0.122. The van der Waals surface area contributed by atoms with Crippen molar-refractivity contribution in [1.82, 2.24) is 5.32 Å². The van der Waals surface area contributed by atoms with E-state index in [2.05, 4.69) is 5.32 Å². The van der Waals surface area contributed by atoms with Crippen LogP contribution < -0.4 is 5.32 Å². The molecule has 1 aliphatic carbocycles. The van der Waals surface area contributed by atoms with Crippen LogP contribution in [0.5, 0.6) is 0 Å². The van der Waals surface area contributed by atoms with Crippen molar-refractivity contribution in [3.05, 3.63) is 0 Å². The Hall–Kier alpha value is -0.610. The number of ether oxygens (including phenoxy) is 1. The minimum atomic E-state index is -0.331. The van der Waals surface area contributed by atoms with E-state index in [1.54, 1.807) is 0 Å². The lowest BCUT2D eigenvalue weighted by Crippen LogP contribution is -2.60. The summed E-state index contributed by atoms with van der Waals surface area (Å²) in [5, 5.41) is 11.8. The first-order valence-corrected chi connectivity index (χ1v) is 4.13. The maximum atomic E-state index is 10.8. The van der Waals surface area contributed by atoms with Gasteiger partial charge in [-0.3, -0.25) is 4.79 Å². The van der Waals surface area contributed by atoms with Crippen LogP contribution in [0, 0.1) is 0 Å². The number of amides is 1. The van der Waals surface area contributed by atoms with Gasteiger partial charge in [-0.1, -0.05) is 0 Å². The molecule has 1 amide bonds. The zero-order valence-corrected chi connectivity index (χ0v) is 7.09. The number of carbonyl (C=O) groups excluding carboxylic acids is 1. The lowest BCUT2D eigenvalue weighted by Gasteiger charge is -2.43. The summed E-state index contributed by atoms with van der Waals surface area (Å²) in [6.45, 7) is 2.12. The number of carbonyl (C=O) groups is 1. The number of fused-ring (bicyclic) bond motifs is 1. The summed E-state index contributed by atoms with van der Waals surface area (Å²) in [6, 6.07) is 0. The summed E-state index contributed by atoms with van der Waals surface area (Å²) in [6.07, 6.45) is 1.52. The van der Waals surface area contributed by atoms with Crippen molar-refractivity contribution in [2.75, 3.05) is 13.2 Å². The van der Waals surface area contributed by atoms with Crippen molar-refractivity contribution in [3.8, 4) is 0 Å². The molecular weight excluding hydrogens is 158 g/mol. The molecule has 3 fully saturated rings. The molecule has 0 atom stereocenters. The Labute approximate surface area is 70.9 Å². The van der Waals surface area contributed by atoms with E-state index in [1.165, 1.54) is 6.92 Å². The fourth-order valence-electron chi connectivity index (χ4n) is 2.33. The van der Waals surface area contributed by atoms with Gasteiger partial charge < -0.3 is 15.2 Å². The molecule has 0 unspecified atom stereocenters. The monoisotopic (exact) mass is 171 g/mol. The Morgan fingerprint density at radius 3 is 2.75 bits per heavy atom. The molecule has 0 spiro atoms. The summed E-state index contributed by atoms with van der Waals surface area (Å²) in [5.74, 6) is -0.0213. The standard InChI is InChI=1S/C8H13NO3/c1-6(11)9-7-2-8(3-7,4-10)12-5-7/h10H,2-5H2,1H3,(H,9,11). The van der Waals surface area contributed by atoms with Crippen molar-refractivity contribution in [2.45, 2.75) is 30.9 Å². The summed E-state index contributed by atoms with van der Waals surface area (Å²) in [5.41, 5.74) is -0.489. The van der Waals surface area contributed by atoms with Gasteiger partial charge in [0.15, 0.2) is 0 Å². The Morgan fingerprint density at radius 1 is 1.67 bits per heavy atom. The molecule has 4 nitrogen and oxygen atoms in total. The maximum absolute atomic E-state index is 10.8. The van der Waals surface area contributed by atoms with Crippen molar-refractivity contribution < 1.29 is 14.6 Å². The second-order valence-electron chi connectivity index (χ2n) is 3.94. The molecule has 68 valence electrons. The normalized spacial score (nSPS) is 43.8. The third-order valence-electron chi connectivity index (χ3n) is 2.71. The molecule has 2 saturated heterocycles. The van der Waals surface area contributed by atoms with Gasteiger partial charge in [-0.05, 0) is 0 Å². The van der Waals surface area contributed by atoms with E-state index >= 15 is 0 Å². The average Bonchev–Trinajstić information content (AvgIpc) is 2.40. The molecule has 0 aromatic carbocycles. The lowest BCUT2D eigenvalue weighted by atomic mass is 9.69. The fraction of sp³-hybridized carbons (Fsp3) is 0.875. The van der Waals surface area contributed by atoms with Crippen LogP contribution in [-0.2, 0) is 9.53 Å². The number of hydrogen-bond donors (Lipinski definition) is 2. The van der Waals surface area contributed by atoms with Crippen LogP contribution >= 0.6 is 0 Å². The third-order valence-corrected chi connectivity index (χ3v) is 2.71. The van der Waals surface area contributed by atoms with Gasteiger partial charge in [-0.15, -0.1) is 0 Å². The predicted molar refractivity (Wildman–Crippen MR) is 41.6 cm³/mol. The molecular formula is C8H13NO3. The van der Waals surface area contributed by atoms with E-state index in [4.69, 9.17) is 9.84 Å². The molecule has 0 aromatic heterocycles. The van der Waals surface area contributed by atoms with Gasteiger partial charge in [0.2, 0.25) is 5.91 Å². The van der Waals surface area contributed by atoms with E-state index in [0.717, 1.165) is 12.8 Å². The molecule has 4 heteroatoms. The van der Waals surface area contributed by atoms with Crippen LogP contribution in [0.25, 0.3) is 0 Å². The molecule has 3 aliphatic rings. The quantitative estimate of drug-likeness (QED) is 0.584. The zero-order chi connectivity index (χ0) is 8.82. The van der Waals surface area contributed by atoms with Crippen LogP contribution in [0.2, 0.25) is 0 Å². The average molecular weight is 171 g/mol. The first kappa shape index (κ1) is 8.01. The summed E-state index contributed by atoms with van der Waals surface area (Å²) < 4.78 is 5.40. The molecule has 3 rings (SSSR count). The van der Waals surface area contributed by atoms with Gasteiger partial charge in [-0.25, -0.2) is 0 Å². The highest BCUT2D eigenvalue weighted by atomic mass is 16.5. The highest BCUT2D eigenvalue weighted by Crippen LogP contribution is 2.50. The Balaban J connectivity index is 2.00. The van der Waals surface area contributed by atoms with E-state index in [0.29, 0.717) is 6.61 Å².